The van der Waals surface area contributed by atoms with Gasteiger partial charge in [0, 0.05) is 11.3 Å². The summed E-state index contributed by atoms with van der Waals surface area (Å²) in [4.78, 5) is 24.0. The van der Waals surface area contributed by atoms with Crippen molar-refractivity contribution in [3.8, 4) is 11.3 Å². The second kappa shape index (κ2) is 8.39. The summed E-state index contributed by atoms with van der Waals surface area (Å²) in [6.07, 6.45) is 0. The van der Waals surface area contributed by atoms with Crippen LogP contribution in [-0.4, -0.2) is 18.4 Å². The number of amides is 2. The highest BCUT2D eigenvalue weighted by Gasteiger charge is 2.13. The number of benzene rings is 2. The van der Waals surface area contributed by atoms with E-state index in [1.807, 2.05) is 32.0 Å². The number of anilines is 1. The molecule has 1 heterocycles. The minimum absolute atomic E-state index is 0.00314. The Kier molecular flexibility index (Phi) is 5.74. The van der Waals surface area contributed by atoms with Gasteiger partial charge in [0.2, 0.25) is 0 Å². The normalized spacial score (nSPS) is 10.4. The van der Waals surface area contributed by atoms with Crippen molar-refractivity contribution in [3.05, 3.63) is 77.3 Å². The van der Waals surface area contributed by atoms with Crippen LogP contribution in [0.4, 0.5) is 10.1 Å². The summed E-state index contributed by atoms with van der Waals surface area (Å²) in [5, 5.41) is 3.02. The van der Waals surface area contributed by atoms with Crippen molar-refractivity contribution in [1.29, 1.82) is 0 Å². The maximum atomic E-state index is 13.0. The Hall–Kier alpha value is -3.61. The number of furan rings is 1. The zero-order chi connectivity index (χ0) is 20.1. The molecule has 6 nitrogen and oxygen atoms in total. The summed E-state index contributed by atoms with van der Waals surface area (Å²) >= 11 is 0. The lowest BCUT2D eigenvalue weighted by Crippen LogP contribution is -2.44. The number of hydrogen-bond donors (Lipinski definition) is 3. The fourth-order valence-corrected chi connectivity index (χ4v) is 2.65. The van der Waals surface area contributed by atoms with Gasteiger partial charge in [0.15, 0.2) is 5.76 Å². The van der Waals surface area contributed by atoms with Crippen LogP contribution in [0.2, 0.25) is 0 Å². The minimum atomic E-state index is -0.590. The number of carbonyl (C=O) groups excluding carboxylic acids is 2. The number of aryl methyl sites for hydroxylation is 2. The smallest absolute Gasteiger partial charge is 0.305 e. The third-order valence-electron chi connectivity index (χ3n) is 4.10. The van der Waals surface area contributed by atoms with Crippen LogP contribution in [0.25, 0.3) is 11.3 Å². The first-order chi connectivity index (χ1) is 13.4. The first-order valence-corrected chi connectivity index (χ1v) is 8.68. The average molecular weight is 381 g/mol. The highest BCUT2D eigenvalue weighted by Crippen LogP contribution is 2.22. The SMILES string of the molecule is Cc1ccc(NCC(=O)NNC(=O)c2ccc(-c3ccc(F)cc3)o2)c(C)c1. The second-order valence-electron chi connectivity index (χ2n) is 6.35. The average Bonchev–Trinajstić information content (AvgIpc) is 3.16. The van der Waals surface area contributed by atoms with Gasteiger partial charge in [-0.05, 0) is 61.9 Å². The van der Waals surface area contributed by atoms with E-state index in [9.17, 15) is 14.0 Å². The van der Waals surface area contributed by atoms with E-state index < -0.39 is 11.8 Å². The lowest BCUT2D eigenvalue weighted by Gasteiger charge is -2.10. The fourth-order valence-electron chi connectivity index (χ4n) is 2.65. The Balaban J connectivity index is 1.51. The molecule has 0 unspecified atom stereocenters. The molecule has 3 N–H and O–H groups in total. The van der Waals surface area contributed by atoms with E-state index in [-0.39, 0.29) is 18.1 Å². The summed E-state index contributed by atoms with van der Waals surface area (Å²) in [5.41, 5.74) is 8.28. The van der Waals surface area contributed by atoms with Crippen LogP contribution in [0.5, 0.6) is 0 Å². The largest absolute Gasteiger partial charge is 0.451 e. The van der Waals surface area contributed by atoms with Crippen molar-refractivity contribution in [3.63, 3.8) is 0 Å². The molecule has 2 aromatic carbocycles. The van der Waals surface area contributed by atoms with Crippen LogP contribution >= 0.6 is 0 Å². The molecule has 1 aromatic heterocycles. The van der Waals surface area contributed by atoms with Gasteiger partial charge >= 0.3 is 5.91 Å². The molecular weight excluding hydrogens is 361 g/mol. The Morgan fingerprint density at radius 2 is 1.71 bits per heavy atom. The van der Waals surface area contributed by atoms with E-state index in [0.717, 1.165) is 16.8 Å². The van der Waals surface area contributed by atoms with Crippen LogP contribution < -0.4 is 16.2 Å². The highest BCUT2D eigenvalue weighted by molar-refractivity contribution is 5.94. The number of hydrogen-bond acceptors (Lipinski definition) is 4. The third-order valence-corrected chi connectivity index (χ3v) is 4.10. The van der Waals surface area contributed by atoms with Crippen LogP contribution in [0.1, 0.15) is 21.7 Å². The van der Waals surface area contributed by atoms with E-state index in [1.165, 1.54) is 18.2 Å². The molecule has 0 spiro atoms. The van der Waals surface area contributed by atoms with E-state index in [2.05, 4.69) is 16.2 Å². The number of hydrazine groups is 1. The Labute approximate surface area is 161 Å². The predicted octanol–water partition coefficient (Wildman–Crippen LogP) is 3.58. The molecular formula is C21H20FN3O3. The Bertz CT molecular complexity index is 996. The quantitative estimate of drug-likeness (QED) is 0.590. The summed E-state index contributed by atoms with van der Waals surface area (Å²) in [6, 6.07) is 14.7. The van der Waals surface area contributed by atoms with Gasteiger partial charge in [-0.2, -0.15) is 0 Å². The van der Waals surface area contributed by atoms with E-state index in [4.69, 9.17) is 4.42 Å². The topological polar surface area (TPSA) is 83.4 Å². The van der Waals surface area contributed by atoms with Crippen LogP contribution in [0, 0.1) is 19.7 Å². The molecule has 0 aliphatic rings. The van der Waals surface area contributed by atoms with Gasteiger partial charge in [0.25, 0.3) is 5.91 Å². The van der Waals surface area contributed by atoms with Crippen LogP contribution in [0.15, 0.2) is 59.0 Å². The highest BCUT2D eigenvalue weighted by atomic mass is 19.1. The molecule has 3 rings (SSSR count). The fraction of sp³-hybridized carbons (Fsp3) is 0.143. The van der Waals surface area contributed by atoms with Gasteiger partial charge in [-0.1, -0.05) is 17.7 Å². The first kappa shape index (κ1) is 19.2. The zero-order valence-electron chi connectivity index (χ0n) is 15.5. The molecule has 0 radical (unpaired) electrons. The number of nitrogens with one attached hydrogen (secondary N) is 3. The van der Waals surface area contributed by atoms with Crippen molar-refractivity contribution in [1.82, 2.24) is 10.9 Å². The standard InChI is InChI=1S/C21H20FN3O3/c1-13-3-8-17(14(2)11-13)23-12-20(26)24-25-21(27)19-10-9-18(28-19)15-4-6-16(22)7-5-15/h3-11,23H,12H2,1-2H3,(H,24,26)(H,25,27). The van der Waals surface area contributed by atoms with Gasteiger partial charge < -0.3 is 9.73 Å². The lowest BCUT2D eigenvalue weighted by molar-refractivity contribution is -0.120. The number of rotatable bonds is 5. The van der Waals surface area contributed by atoms with Crippen molar-refractivity contribution in [2.75, 3.05) is 11.9 Å². The van der Waals surface area contributed by atoms with Crippen molar-refractivity contribution in [2.45, 2.75) is 13.8 Å². The Morgan fingerprint density at radius 3 is 2.43 bits per heavy atom. The maximum absolute atomic E-state index is 13.0. The van der Waals surface area contributed by atoms with E-state index >= 15 is 0 Å². The summed E-state index contributed by atoms with van der Waals surface area (Å²) in [6.45, 7) is 3.95. The molecule has 2 amide bonds. The summed E-state index contributed by atoms with van der Waals surface area (Å²) in [7, 11) is 0. The third kappa shape index (κ3) is 4.76. The van der Waals surface area contributed by atoms with Gasteiger partial charge in [-0.25, -0.2) is 4.39 Å². The van der Waals surface area contributed by atoms with Gasteiger partial charge in [-0.15, -0.1) is 0 Å². The maximum Gasteiger partial charge on any atom is 0.305 e. The van der Waals surface area contributed by atoms with Crippen LogP contribution in [-0.2, 0) is 4.79 Å². The monoisotopic (exact) mass is 381 g/mol. The predicted molar refractivity (Wildman–Crippen MR) is 104 cm³/mol. The molecule has 3 aromatic rings. The molecule has 0 saturated carbocycles. The molecule has 0 aliphatic heterocycles. The van der Waals surface area contributed by atoms with E-state index in [0.29, 0.717) is 11.3 Å². The zero-order valence-corrected chi connectivity index (χ0v) is 15.5. The number of carbonyl (C=O) groups is 2. The van der Waals surface area contributed by atoms with Gasteiger partial charge in [-0.3, -0.25) is 20.4 Å². The molecule has 7 heteroatoms. The molecule has 0 bridgehead atoms. The van der Waals surface area contributed by atoms with Crippen molar-refractivity contribution < 1.29 is 18.4 Å². The molecule has 0 atom stereocenters. The molecule has 0 saturated heterocycles. The molecule has 0 aliphatic carbocycles. The summed E-state index contributed by atoms with van der Waals surface area (Å²) < 4.78 is 18.4. The summed E-state index contributed by atoms with van der Waals surface area (Å²) in [5.74, 6) is -0.896. The van der Waals surface area contributed by atoms with Crippen LogP contribution in [0.3, 0.4) is 0 Å². The molecule has 0 fully saturated rings. The second-order valence-corrected chi connectivity index (χ2v) is 6.35. The van der Waals surface area contributed by atoms with Gasteiger partial charge in [0.05, 0.1) is 6.54 Å². The molecule has 28 heavy (non-hydrogen) atoms. The van der Waals surface area contributed by atoms with Crippen molar-refractivity contribution >= 4 is 17.5 Å². The van der Waals surface area contributed by atoms with Crippen molar-refractivity contribution in [2.24, 2.45) is 0 Å². The number of halogens is 1. The van der Waals surface area contributed by atoms with E-state index in [1.54, 1.807) is 18.2 Å². The molecule has 144 valence electrons. The minimum Gasteiger partial charge on any atom is -0.451 e. The Morgan fingerprint density at radius 1 is 0.964 bits per heavy atom. The van der Waals surface area contributed by atoms with Gasteiger partial charge in [0.1, 0.15) is 11.6 Å². The lowest BCUT2D eigenvalue weighted by atomic mass is 10.1. The first-order valence-electron chi connectivity index (χ1n) is 8.68.